The molecule has 4 heterocycles. The summed E-state index contributed by atoms with van der Waals surface area (Å²) >= 11 is 0. The lowest BCUT2D eigenvalue weighted by molar-refractivity contribution is -0.134. The predicted octanol–water partition coefficient (Wildman–Crippen LogP) is 7.39. The van der Waals surface area contributed by atoms with Crippen molar-refractivity contribution in [2.24, 2.45) is 10.7 Å². The summed E-state index contributed by atoms with van der Waals surface area (Å²) in [5, 5.41) is 9.16. The Morgan fingerprint density at radius 2 is 1.21 bits per heavy atom. The van der Waals surface area contributed by atoms with Crippen LogP contribution in [0.3, 0.4) is 0 Å². The standard InChI is InChI=1S/C57H72F2N10O6/c58-41-34-40(35-42(59)37-41)33-39-11-18-49(60)48(36-39)55(61)65-56(73)47-17-16-46(38-51(47)63-44-21-31-75-32-22-44)67-25-29-69(30-26-67)54(72)10-8-6-4-2-1-3-5-7-9-53(71)68-27-23-66(24-28-68)45-14-12-43(13-15-45)62-50-19-20-52(70)64-57(50)74/h11-18,34-38,44,50,62-63H,1-10,19-33,60H2,(H2,61,65,73)(H,64,70,74). The maximum absolute atomic E-state index is 13.9. The van der Waals surface area contributed by atoms with Gasteiger partial charge in [-0.25, -0.2) is 8.78 Å². The molecule has 1 atom stereocenters. The monoisotopic (exact) mass is 1030 g/mol. The van der Waals surface area contributed by atoms with E-state index in [9.17, 15) is 32.8 Å². The van der Waals surface area contributed by atoms with Crippen LogP contribution in [0.2, 0.25) is 0 Å². The van der Waals surface area contributed by atoms with Crippen molar-refractivity contribution >= 4 is 63.8 Å². The van der Waals surface area contributed by atoms with Gasteiger partial charge >= 0.3 is 0 Å². The summed E-state index contributed by atoms with van der Waals surface area (Å²) in [6.07, 6.45) is 12.0. The summed E-state index contributed by atoms with van der Waals surface area (Å²) in [6.45, 7) is 6.71. The van der Waals surface area contributed by atoms with Gasteiger partial charge in [-0.15, -0.1) is 0 Å². The number of carbonyl (C=O) groups is 5. The SMILES string of the molecule is NC(=NC(=O)c1ccc(N2CCN(C(=O)CCCCCCCCCCC(=O)N3CCN(c4ccc(NC5CCC(=O)NC5=O)cc4)CC3)CC2)cc1NC1CCOCC1)c1cc(Cc2cc(F)cc(F)c2)ccc1N. The van der Waals surface area contributed by atoms with Crippen LogP contribution in [0.5, 0.6) is 0 Å². The molecule has 0 spiro atoms. The number of ether oxygens (including phenoxy) is 1. The molecule has 4 fully saturated rings. The zero-order valence-corrected chi connectivity index (χ0v) is 42.9. The third-order valence-corrected chi connectivity index (χ3v) is 14.7. The molecular weight excluding hydrogens is 959 g/mol. The number of nitrogens with two attached hydrogens (primary N) is 2. The number of halogens is 2. The smallest absolute Gasteiger partial charge is 0.281 e. The second-order valence-electron chi connectivity index (χ2n) is 20.2. The number of hydrogen-bond acceptors (Lipinski definition) is 11. The normalized spacial score (nSPS) is 17.7. The fourth-order valence-electron chi connectivity index (χ4n) is 10.4. The van der Waals surface area contributed by atoms with Gasteiger partial charge in [0.2, 0.25) is 23.6 Å². The van der Waals surface area contributed by atoms with E-state index in [2.05, 4.69) is 30.7 Å². The van der Waals surface area contributed by atoms with Gasteiger partial charge in [-0.2, -0.15) is 4.99 Å². The molecule has 4 aliphatic heterocycles. The molecule has 5 amide bonds. The van der Waals surface area contributed by atoms with E-state index in [1.165, 1.54) is 12.1 Å². The molecule has 4 saturated heterocycles. The van der Waals surface area contributed by atoms with Gasteiger partial charge in [0.25, 0.3) is 5.91 Å². The van der Waals surface area contributed by atoms with Crippen LogP contribution in [0.15, 0.2) is 83.9 Å². The number of aliphatic imine (C=N–C) groups is 1. The molecule has 4 aromatic rings. The number of nitrogen functional groups attached to an aromatic ring is 1. The van der Waals surface area contributed by atoms with E-state index in [0.717, 1.165) is 100 Å². The van der Waals surface area contributed by atoms with E-state index in [1.807, 2.05) is 46.2 Å². The molecule has 1 unspecified atom stereocenters. The first-order chi connectivity index (χ1) is 36.3. The van der Waals surface area contributed by atoms with Crippen LogP contribution in [0, 0.1) is 11.6 Å². The van der Waals surface area contributed by atoms with Gasteiger partial charge in [-0.05, 0) is 116 Å². The van der Waals surface area contributed by atoms with Crippen molar-refractivity contribution in [2.75, 3.05) is 91.7 Å². The number of amidine groups is 1. The minimum Gasteiger partial charge on any atom is -0.398 e. The van der Waals surface area contributed by atoms with Crippen LogP contribution in [-0.2, 0) is 30.3 Å². The Morgan fingerprint density at radius 3 is 1.81 bits per heavy atom. The molecule has 4 aromatic carbocycles. The van der Waals surface area contributed by atoms with Crippen LogP contribution in [0.1, 0.15) is 117 Å². The first kappa shape index (κ1) is 54.2. The van der Waals surface area contributed by atoms with Gasteiger partial charge in [0.1, 0.15) is 23.5 Å². The van der Waals surface area contributed by atoms with E-state index in [1.54, 1.807) is 24.3 Å². The first-order valence-electron chi connectivity index (χ1n) is 26.8. The van der Waals surface area contributed by atoms with Crippen molar-refractivity contribution in [3.63, 3.8) is 0 Å². The number of piperidine rings is 1. The van der Waals surface area contributed by atoms with Crippen LogP contribution in [-0.4, -0.2) is 123 Å². The number of imide groups is 1. The zero-order chi connectivity index (χ0) is 52.7. The Balaban J connectivity index is 0.710. The molecule has 0 aliphatic carbocycles. The minimum atomic E-state index is -0.670. The van der Waals surface area contributed by atoms with Gasteiger partial charge in [0.15, 0.2) is 0 Å². The van der Waals surface area contributed by atoms with Crippen LogP contribution < -0.4 is 37.2 Å². The fourth-order valence-corrected chi connectivity index (χ4v) is 10.4. The van der Waals surface area contributed by atoms with Crippen molar-refractivity contribution in [1.82, 2.24) is 15.1 Å². The second-order valence-corrected chi connectivity index (χ2v) is 20.2. The van der Waals surface area contributed by atoms with Gasteiger partial charge in [0, 0.05) is 131 Å². The molecule has 0 radical (unpaired) electrons. The highest BCUT2D eigenvalue weighted by Crippen LogP contribution is 2.29. The van der Waals surface area contributed by atoms with E-state index in [0.29, 0.717) is 112 Å². The highest BCUT2D eigenvalue weighted by Gasteiger charge is 2.28. The highest BCUT2D eigenvalue weighted by atomic mass is 19.1. The molecule has 8 rings (SSSR count). The summed E-state index contributed by atoms with van der Waals surface area (Å²) in [6, 6.07) is 21.7. The van der Waals surface area contributed by atoms with Crippen LogP contribution >= 0.6 is 0 Å². The van der Waals surface area contributed by atoms with E-state index in [-0.39, 0.29) is 41.9 Å². The number of amides is 5. The summed E-state index contributed by atoms with van der Waals surface area (Å²) in [7, 11) is 0. The quantitative estimate of drug-likeness (QED) is 0.0182. The van der Waals surface area contributed by atoms with Gasteiger partial charge in [-0.1, -0.05) is 44.6 Å². The van der Waals surface area contributed by atoms with Crippen molar-refractivity contribution in [3.8, 4) is 0 Å². The third-order valence-electron chi connectivity index (χ3n) is 14.7. The molecule has 0 saturated carbocycles. The van der Waals surface area contributed by atoms with Gasteiger partial charge in [0.05, 0.1) is 5.56 Å². The molecule has 7 N–H and O–H groups in total. The van der Waals surface area contributed by atoms with Crippen molar-refractivity contribution in [3.05, 3.63) is 113 Å². The number of nitrogens with one attached hydrogen (secondary N) is 3. The molecule has 18 heteroatoms. The molecule has 75 heavy (non-hydrogen) atoms. The maximum atomic E-state index is 13.9. The largest absolute Gasteiger partial charge is 0.398 e. The molecule has 0 bridgehead atoms. The summed E-state index contributed by atoms with van der Waals surface area (Å²) in [4.78, 5) is 76.4. The average molecular weight is 1030 g/mol. The topological polar surface area (TPSA) is 208 Å². The van der Waals surface area contributed by atoms with Crippen molar-refractivity contribution in [2.45, 2.75) is 108 Å². The number of carbonyl (C=O) groups excluding carboxylic acids is 5. The Hall–Kier alpha value is -7.08. The Bertz CT molecular complexity index is 2640. The number of benzene rings is 4. The number of piperazine rings is 2. The molecule has 400 valence electrons. The number of anilines is 5. The Labute approximate surface area is 438 Å². The first-order valence-corrected chi connectivity index (χ1v) is 26.8. The third kappa shape index (κ3) is 15.5. The molecule has 4 aliphatic rings. The number of nitrogens with zero attached hydrogens (tertiary/aromatic N) is 5. The summed E-state index contributed by atoms with van der Waals surface area (Å²) < 4.78 is 33.3. The number of rotatable bonds is 21. The van der Waals surface area contributed by atoms with Crippen molar-refractivity contribution in [1.29, 1.82) is 0 Å². The van der Waals surface area contributed by atoms with Gasteiger partial charge in [-0.3, -0.25) is 29.3 Å². The Morgan fingerprint density at radius 1 is 0.640 bits per heavy atom. The maximum Gasteiger partial charge on any atom is 0.281 e. The van der Waals surface area contributed by atoms with Crippen molar-refractivity contribution < 1.29 is 37.5 Å². The highest BCUT2D eigenvalue weighted by molar-refractivity contribution is 6.12. The van der Waals surface area contributed by atoms with E-state index < -0.39 is 23.6 Å². The van der Waals surface area contributed by atoms with E-state index >= 15 is 0 Å². The van der Waals surface area contributed by atoms with Crippen LogP contribution in [0.25, 0.3) is 0 Å². The fraction of sp³-hybridized carbons (Fsp3) is 0.474. The molecule has 0 aromatic heterocycles. The lowest BCUT2D eigenvalue weighted by Gasteiger charge is -2.36. The van der Waals surface area contributed by atoms with Crippen LogP contribution in [0.4, 0.5) is 37.2 Å². The second kappa shape index (κ2) is 26.4. The minimum absolute atomic E-state index is 0.0711. The number of hydrogen-bond donors (Lipinski definition) is 5. The number of unbranched alkanes of at least 4 members (excludes halogenated alkanes) is 7. The summed E-state index contributed by atoms with van der Waals surface area (Å²) in [5.74, 6) is -2.07. The van der Waals surface area contributed by atoms with E-state index in [4.69, 9.17) is 16.2 Å². The predicted molar refractivity (Wildman–Crippen MR) is 289 cm³/mol. The zero-order valence-electron chi connectivity index (χ0n) is 42.9. The lowest BCUT2D eigenvalue weighted by Crippen LogP contribution is -2.48. The van der Waals surface area contributed by atoms with Gasteiger partial charge < -0.3 is 46.4 Å². The Kier molecular flexibility index (Phi) is 19.1. The summed E-state index contributed by atoms with van der Waals surface area (Å²) in [5.41, 5.74) is 18.3. The molecular formula is C57H72F2N10O6. The molecule has 16 nitrogen and oxygen atoms in total. The average Bonchev–Trinajstić information content (AvgIpc) is 3.40. The lowest BCUT2D eigenvalue weighted by atomic mass is 10.0.